The average molecular weight is 268 g/mol. The Balaban J connectivity index is 1.73. The van der Waals surface area contributed by atoms with E-state index < -0.39 is 5.97 Å². The zero-order chi connectivity index (χ0) is 13.7. The van der Waals surface area contributed by atoms with Crippen molar-refractivity contribution in [2.24, 2.45) is 5.92 Å². The minimum absolute atomic E-state index is 0.0536. The molecule has 1 heterocycles. The van der Waals surface area contributed by atoms with Gasteiger partial charge in [0.1, 0.15) is 0 Å². The van der Waals surface area contributed by atoms with Gasteiger partial charge in [-0.15, -0.1) is 0 Å². The number of hydrogen-bond acceptors (Lipinski definition) is 3. The van der Waals surface area contributed by atoms with Crippen LogP contribution >= 0.6 is 0 Å². The third kappa shape index (κ3) is 4.49. The average Bonchev–Trinajstić information content (AvgIpc) is 2.40. The number of nitrogens with zero attached hydrogens (tertiary/aromatic N) is 1. The van der Waals surface area contributed by atoms with Crippen LogP contribution in [0, 0.1) is 5.92 Å². The number of piperidine rings is 1. The van der Waals surface area contributed by atoms with Gasteiger partial charge in [-0.1, -0.05) is 19.3 Å². The van der Waals surface area contributed by atoms with Gasteiger partial charge in [0.05, 0.1) is 12.5 Å². The minimum Gasteiger partial charge on any atom is -0.481 e. The predicted octanol–water partition coefficient (Wildman–Crippen LogP) is 1.23. The van der Waals surface area contributed by atoms with Gasteiger partial charge in [0.2, 0.25) is 5.91 Å². The summed E-state index contributed by atoms with van der Waals surface area (Å²) in [5.41, 5.74) is 0. The van der Waals surface area contributed by atoms with E-state index in [9.17, 15) is 9.59 Å². The summed E-state index contributed by atoms with van der Waals surface area (Å²) in [5, 5.41) is 12.1. The number of amides is 1. The van der Waals surface area contributed by atoms with Gasteiger partial charge in [0.25, 0.3) is 0 Å². The number of carboxylic acids is 1. The minimum atomic E-state index is -0.739. The molecule has 1 saturated carbocycles. The first kappa shape index (κ1) is 14.3. The van der Waals surface area contributed by atoms with E-state index in [0.717, 1.165) is 32.2 Å². The molecule has 1 unspecified atom stereocenters. The van der Waals surface area contributed by atoms with E-state index in [1.807, 2.05) is 4.90 Å². The molecular weight excluding hydrogens is 244 g/mol. The summed E-state index contributed by atoms with van der Waals surface area (Å²) in [5.74, 6) is -0.994. The van der Waals surface area contributed by atoms with Gasteiger partial charge in [-0.3, -0.25) is 14.5 Å². The van der Waals surface area contributed by atoms with E-state index in [4.69, 9.17) is 5.11 Å². The third-order valence-corrected chi connectivity index (χ3v) is 4.19. The Morgan fingerprint density at radius 3 is 2.53 bits per heavy atom. The molecule has 1 aliphatic heterocycles. The van der Waals surface area contributed by atoms with Crippen molar-refractivity contribution in [3.8, 4) is 0 Å². The van der Waals surface area contributed by atoms with Crippen LogP contribution in [0.5, 0.6) is 0 Å². The molecular formula is C14H24N2O3. The Bertz CT molecular complexity index is 327. The lowest BCUT2D eigenvalue weighted by Gasteiger charge is -2.31. The van der Waals surface area contributed by atoms with Crippen LogP contribution in [0.25, 0.3) is 0 Å². The van der Waals surface area contributed by atoms with Gasteiger partial charge in [-0.05, 0) is 32.2 Å². The maximum Gasteiger partial charge on any atom is 0.307 e. The smallest absolute Gasteiger partial charge is 0.307 e. The number of carbonyl (C=O) groups excluding carboxylic acids is 1. The van der Waals surface area contributed by atoms with Crippen LogP contribution in [0.4, 0.5) is 0 Å². The van der Waals surface area contributed by atoms with Crippen molar-refractivity contribution in [3.05, 3.63) is 0 Å². The molecule has 0 aromatic rings. The van der Waals surface area contributed by atoms with Crippen LogP contribution in [-0.2, 0) is 9.59 Å². The molecule has 1 saturated heterocycles. The zero-order valence-corrected chi connectivity index (χ0v) is 11.4. The summed E-state index contributed by atoms with van der Waals surface area (Å²) in [4.78, 5) is 24.9. The Labute approximate surface area is 114 Å². The molecule has 1 aliphatic carbocycles. The quantitative estimate of drug-likeness (QED) is 0.804. The number of rotatable bonds is 4. The highest BCUT2D eigenvalue weighted by Crippen LogP contribution is 2.18. The van der Waals surface area contributed by atoms with Crippen molar-refractivity contribution in [2.75, 3.05) is 19.6 Å². The van der Waals surface area contributed by atoms with Crippen LogP contribution in [0.1, 0.15) is 44.9 Å². The molecule has 2 fully saturated rings. The first-order valence-electron chi connectivity index (χ1n) is 7.39. The van der Waals surface area contributed by atoms with E-state index in [0.29, 0.717) is 19.1 Å². The molecule has 0 aromatic heterocycles. The van der Waals surface area contributed by atoms with E-state index in [2.05, 4.69) is 5.32 Å². The fraction of sp³-hybridized carbons (Fsp3) is 0.857. The summed E-state index contributed by atoms with van der Waals surface area (Å²) in [6.45, 7) is 1.69. The topological polar surface area (TPSA) is 69.6 Å². The molecule has 2 rings (SSSR count). The Hall–Kier alpha value is -1.10. The molecule has 2 aliphatic rings. The van der Waals surface area contributed by atoms with Crippen LogP contribution in [0.15, 0.2) is 0 Å². The lowest BCUT2D eigenvalue weighted by atomic mass is 9.95. The Morgan fingerprint density at radius 1 is 1.11 bits per heavy atom. The monoisotopic (exact) mass is 268 g/mol. The maximum atomic E-state index is 12.0. The van der Waals surface area contributed by atoms with E-state index in [-0.39, 0.29) is 11.8 Å². The number of carbonyl (C=O) groups is 2. The first-order valence-corrected chi connectivity index (χ1v) is 7.39. The SMILES string of the molecule is O=C(CN1CCCC(C(=O)O)C1)NC1CCCCC1. The molecule has 0 spiro atoms. The number of carboxylic acid groups (broad SMARTS) is 1. The lowest BCUT2D eigenvalue weighted by Crippen LogP contribution is -2.46. The number of nitrogens with one attached hydrogen (secondary N) is 1. The van der Waals surface area contributed by atoms with Gasteiger partial charge < -0.3 is 10.4 Å². The molecule has 1 amide bonds. The van der Waals surface area contributed by atoms with Crippen molar-refractivity contribution in [1.82, 2.24) is 10.2 Å². The van der Waals surface area contributed by atoms with Crippen molar-refractivity contribution in [1.29, 1.82) is 0 Å². The molecule has 2 N–H and O–H groups in total. The molecule has 0 radical (unpaired) electrons. The van der Waals surface area contributed by atoms with Gasteiger partial charge in [-0.2, -0.15) is 0 Å². The molecule has 5 nitrogen and oxygen atoms in total. The summed E-state index contributed by atoms with van der Waals surface area (Å²) < 4.78 is 0. The lowest BCUT2D eigenvalue weighted by molar-refractivity contribution is -0.144. The normalized spacial score (nSPS) is 26.0. The van der Waals surface area contributed by atoms with Crippen molar-refractivity contribution in [2.45, 2.75) is 51.0 Å². The Morgan fingerprint density at radius 2 is 1.84 bits per heavy atom. The summed E-state index contributed by atoms with van der Waals surface area (Å²) >= 11 is 0. The van der Waals surface area contributed by atoms with Crippen molar-refractivity contribution in [3.63, 3.8) is 0 Å². The fourth-order valence-electron chi connectivity index (χ4n) is 3.12. The summed E-state index contributed by atoms with van der Waals surface area (Å²) in [6, 6.07) is 0.335. The highest BCUT2D eigenvalue weighted by Gasteiger charge is 2.26. The molecule has 19 heavy (non-hydrogen) atoms. The van der Waals surface area contributed by atoms with Crippen LogP contribution in [-0.4, -0.2) is 47.6 Å². The van der Waals surface area contributed by atoms with E-state index in [1.165, 1.54) is 19.3 Å². The van der Waals surface area contributed by atoms with Crippen molar-refractivity contribution >= 4 is 11.9 Å². The Kier molecular flexibility index (Phi) is 5.19. The van der Waals surface area contributed by atoms with Gasteiger partial charge in [-0.25, -0.2) is 0 Å². The van der Waals surface area contributed by atoms with Crippen LogP contribution in [0.3, 0.4) is 0 Å². The second kappa shape index (κ2) is 6.89. The predicted molar refractivity (Wildman–Crippen MR) is 71.8 cm³/mol. The second-order valence-corrected chi connectivity index (χ2v) is 5.81. The molecule has 0 aromatic carbocycles. The molecule has 0 bridgehead atoms. The molecule has 1 atom stereocenters. The van der Waals surface area contributed by atoms with Gasteiger partial charge in [0.15, 0.2) is 0 Å². The van der Waals surface area contributed by atoms with Gasteiger partial charge in [0, 0.05) is 12.6 Å². The maximum absolute atomic E-state index is 12.0. The number of likely N-dealkylation sites (tertiary alicyclic amines) is 1. The van der Waals surface area contributed by atoms with Crippen LogP contribution in [0.2, 0.25) is 0 Å². The van der Waals surface area contributed by atoms with Gasteiger partial charge >= 0.3 is 5.97 Å². The first-order chi connectivity index (χ1) is 9.15. The summed E-state index contributed by atoms with van der Waals surface area (Å²) in [6.07, 6.45) is 7.46. The fourth-order valence-corrected chi connectivity index (χ4v) is 3.12. The third-order valence-electron chi connectivity index (χ3n) is 4.19. The standard InChI is InChI=1S/C14H24N2O3/c17-13(15-12-6-2-1-3-7-12)10-16-8-4-5-11(9-16)14(18)19/h11-12H,1-10H2,(H,15,17)(H,18,19). The number of aliphatic carboxylic acids is 1. The number of hydrogen-bond donors (Lipinski definition) is 2. The highest BCUT2D eigenvalue weighted by atomic mass is 16.4. The van der Waals surface area contributed by atoms with E-state index in [1.54, 1.807) is 0 Å². The second-order valence-electron chi connectivity index (χ2n) is 5.81. The van der Waals surface area contributed by atoms with Crippen LogP contribution < -0.4 is 5.32 Å². The molecule has 108 valence electrons. The molecule has 5 heteroatoms. The summed E-state index contributed by atoms with van der Waals surface area (Å²) in [7, 11) is 0. The highest BCUT2D eigenvalue weighted by molar-refractivity contribution is 5.78. The van der Waals surface area contributed by atoms with E-state index >= 15 is 0 Å². The largest absolute Gasteiger partial charge is 0.481 e. The zero-order valence-electron chi connectivity index (χ0n) is 11.4. The van der Waals surface area contributed by atoms with Crippen molar-refractivity contribution < 1.29 is 14.7 Å².